The van der Waals surface area contributed by atoms with E-state index in [0.29, 0.717) is 30.3 Å². The molecule has 9 nitrogen and oxygen atoms in total. The second-order valence-electron chi connectivity index (χ2n) is 7.69. The summed E-state index contributed by atoms with van der Waals surface area (Å²) in [6, 6.07) is 9.93. The molecule has 2 aromatic carbocycles. The number of aromatic nitrogens is 2. The number of amides is 1. The fraction of sp³-hybridized carbons (Fsp3) is 0.304. The Morgan fingerprint density at radius 1 is 1.17 bits per heavy atom. The molecule has 0 bridgehead atoms. The Balaban J connectivity index is 1.93. The maximum Gasteiger partial charge on any atom is 0.394 e. The van der Waals surface area contributed by atoms with Gasteiger partial charge in [0.25, 0.3) is 15.9 Å². The van der Waals surface area contributed by atoms with Crippen LogP contribution in [0.15, 0.2) is 53.6 Å². The Morgan fingerprint density at radius 3 is 2.46 bits per heavy atom. The van der Waals surface area contributed by atoms with E-state index in [2.05, 4.69) is 10.4 Å². The summed E-state index contributed by atoms with van der Waals surface area (Å²) in [5.41, 5.74) is 1.25. The number of hydrogen-bond acceptors (Lipinski definition) is 6. The largest absolute Gasteiger partial charge is 0.495 e. The van der Waals surface area contributed by atoms with Crippen molar-refractivity contribution in [3.63, 3.8) is 0 Å². The molecule has 0 radical (unpaired) electrons. The molecule has 0 fully saturated rings. The number of hydrogen-bond donors (Lipinski definition) is 1. The molecule has 0 spiro atoms. The molecule has 1 N–H and O–H groups in total. The number of benzene rings is 2. The summed E-state index contributed by atoms with van der Waals surface area (Å²) in [6.07, 6.45) is -1.53. The Hall–Kier alpha value is -3.67. The van der Waals surface area contributed by atoms with Gasteiger partial charge in [-0.05, 0) is 36.2 Å². The molecule has 0 unspecified atom stereocenters. The van der Waals surface area contributed by atoms with Crippen molar-refractivity contribution in [1.82, 2.24) is 9.78 Å². The third-order valence-electron chi connectivity index (χ3n) is 5.20. The minimum Gasteiger partial charge on any atom is -0.495 e. The van der Waals surface area contributed by atoms with Gasteiger partial charge in [0.1, 0.15) is 22.1 Å². The minimum absolute atomic E-state index is 0.0126. The Bertz CT molecular complexity index is 1340. The number of nitrogens with one attached hydrogen (secondary N) is 1. The highest BCUT2D eigenvalue weighted by molar-refractivity contribution is 7.92. The van der Waals surface area contributed by atoms with Gasteiger partial charge in [-0.1, -0.05) is 13.0 Å². The number of aryl methyl sites for hydroxylation is 2. The molecule has 1 heterocycles. The van der Waals surface area contributed by atoms with Gasteiger partial charge in [0.2, 0.25) is 0 Å². The van der Waals surface area contributed by atoms with Crippen molar-refractivity contribution >= 4 is 27.3 Å². The van der Waals surface area contributed by atoms with E-state index in [0.717, 1.165) is 4.31 Å². The van der Waals surface area contributed by atoms with Crippen LogP contribution in [0, 0.1) is 0 Å². The molecular formula is C23H26F2N4O5S. The predicted molar refractivity (Wildman–Crippen MR) is 127 cm³/mol. The molecular weight excluding hydrogens is 482 g/mol. The van der Waals surface area contributed by atoms with E-state index in [1.807, 2.05) is 0 Å². The van der Waals surface area contributed by atoms with Crippen LogP contribution in [0.1, 0.15) is 29.9 Å². The maximum absolute atomic E-state index is 13.5. The third kappa shape index (κ3) is 5.70. The zero-order valence-electron chi connectivity index (χ0n) is 19.9. The Morgan fingerprint density at radius 2 is 1.89 bits per heavy atom. The lowest BCUT2D eigenvalue weighted by molar-refractivity contribution is -0.159. The van der Waals surface area contributed by atoms with Gasteiger partial charge in [0.05, 0.1) is 12.8 Å². The highest BCUT2D eigenvalue weighted by Crippen LogP contribution is 2.35. The van der Waals surface area contributed by atoms with Crippen LogP contribution in [0.2, 0.25) is 0 Å². The summed E-state index contributed by atoms with van der Waals surface area (Å²) >= 11 is 0. The number of methoxy groups -OCH3 is 1. The monoisotopic (exact) mass is 508 g/mol. The number of sulfonamides is 1. The van der Waals surface area contributed by atoms with Crippen molar-refractivity contribution in [2.24, 2.45) is 7.05 Å². The summed E-state index contributed by atoms with van der Waals surface area (Å²) in [6.45, 7) is 2.38. The van der Waals surface area contributed by atoms with Crippen LogP contribution in [0.5, 0.6) is 11.5 Å². The highest BCUT2D eigenvalue weighted by Gasteiger charge is 2.28. The lowest BCUT2D eigenvalue weighted by atomic mass is 10.1. The molecule has 12 heteroatoms. The number of ether oxygens (including phenoxy) is 2. The van der Waals surface area contributed by atoms with E-state index < -0.39 is 22.0 Å². The molecule has 0 saturated carbocycles. The molecule has 0 saturated heterocycles. The molecule has 188 valence electrons. The van der Waals surface area contributed by atoms with Crippen molar-refractivity contribution in [1.29, 1.82) is 0 Å². The Kier molecular flexibility index (Phi) is 7.34. The highest BCUT2D eigenvalue weighted by atomic mass is 32.2. The molecule has 1 aromatic heterocycles. The summed E-state index contributed by atoms with van der Waals surface area (Å²) in [7, 11) is 0.0370. The molecule has 0 atom stereocenters. The average Bonchev–Trinajstić information content (AvgIpc) is 3.23. The molecule has 35 heavy (non-hydrogen) atoms. The molecule has 3 aromatic rings. The standard InChI is InChI=1S/C23H26F2N4O5S/c1-6-15-7-9-17(14-19(15)34-23(2,24)25)29(4)35(31,32)21-10-8-16(13-20(21)33-5)27-22(30)18-11-12-26-28(18)3/h7-14H,6H2,1-5H3,(H,27,30). The fourth-order valence-corrected chi connectivity index (χ4v) is 4.68. The van der Waals surface area contributed by atoms with Gasteiger partial charge in [0, 0.05) is 45.0 Å². The van der Waals surface area contributed by atoms with Gasteiger partial charge in [-0.3, -0.25) is 13.8 Å². The first-order valence-electron chi connectivity index (χ1n) is 10.5. The van der Waals surface area contributed by atoms with Gasteiger partial charge < -0.3 is 14.8 Å². The van der Waals surface area contributed by atoms with Crippen molar-refractivity contribution < 1.29 is 31.5 Å². The lowest BCUT2D eigenvalue weighted by Gasteiger charge is -2.23. The van der Waals surface area contributed by atoms with Crippen LogP contribution in [0.25, 0.3) is 0 Å². The molecule has 0 aliphatic heterocycles. The van der Waals surface area contributed by atoms with Crippen molar-refractivity contribution in [3.8, 4) is 11.5 Å². The molecule has 0 aliphatic carbocycles. The van der Waals surface area contributed by atoms with Crippen molar-refractivity contribution in [3.05, 3.63) is 59.9 Å². The zero-order chi connectivity index (χ0) is 26.0. The Labute approximate surface area is 202 Å². The molecule has 1 amide bonds. The van der Waals surface area contributed by atoms with Crippen LogP contribution in [-0.2, 0) is 23.5 Å². The number of anilines is 2. The lowest BCUT2D eigenvalue weighted by Crippen LogP contribution is -2.27. The number of halogens is 2. The first-order chi connectivity index (χ1) is 16.4. The second-order valence-corrected chi connectivity index (χ2v) is 9.63. The van der Waals surface area contributed by atoms with Crippen LogP contribution >= 0.6 is 0 Å². The van der Waals surface area contributed by atoms with Gasteiger partial charge >= 0.3 is 6.11 Å². The number of carbonyl (C=O) groups excluding carboxylic acids is 1. The number of rotatable bonds is 9. The number of carbonyl (C=O) groups is 1. The van der Waals surface area contributed by atoms with E-state index >= 15 is 0 Å². The minimum atomic E-state index is -4.17. The van der Waals surface area contributed by atoms with Crippen molar-refractivity contribution in [2.75, 3.05) is 23.8 Å². The normalized spacial score (nSPS) is 11.7. The summed E-state index contributed by atoms with van der Waals surface area (Å²) in [5, 5.41) is 6.61. The predicted octanol–water partition coefficient (Wildman–Crippen LogP) is 4.06. The van der Waals surface area contributed by atoms with Crippen LogP contribution in [0.4, 0.5) is 20.2 Å². The number of nitrogens with zero attached hydrogens (tertiary/aromatic N) is 3. The summed E-state index contributed by atoms with van der Waals surface area (Å²) in [5.74, 6) is -0.558. The molecule has 3 rings (SSSR count). The topological polar surface area (TPSA) is 103 Å². The van der Waals surface area contributed by atoms with Crippen LogP contribution in [0.3, 0.4) is 0 Å². The quantitative estimate of drug-likeness (QED) is 0.468. The van der Waals surface area contributed by atoms with Crippen molar-refractivity contribution in [2.45, 2.75) is 31.3 Å². The van der Waals surface area contributed by atoms with E-state index in [9.17, 15) is 22.0 Å². The summed E-state index contributed by atoms with van der Waals surface area (Å²) in [4.78, 5) is 12.3. The smallest absolute Gasteiger partial charge is 0.394 e. The third-order valence-corrected chi connectivity index (χ3v) is 7.02. The second kappa shape index (κ2) is 9.90. The van der Waals surface area contributed by atoms with Gasteiger partial charge in [-0.15, -0.1) is 0 Å². The van der Waals surface area contributed by atoms with E-state index in [1.54, 1.807) is 14.0 Å². The van der Waals surface area contributed by atoms with Crippen LogP contribution in [-0.4, -0.2) is 44.4 Å². The number of alkyl halides is 2. The SMILES string of the molecule is CCc1ccc(N(C)S(=O)(=O)c2ccc(NC(=O)c3ccnn3C)cc2OC)cc1OC(C)(F)F. The van der Waals surface area contributed by atoms with E-state index in [-0.39, 0.29) is 22.1 Å². The van der Waals surface area contributed by atoms with E-state index in [4.69, 9.17) is 9.47 Å². The van der Waals surface area contributed by atoms with Crippen LogP contribution < -0.4 is 19.1 Å². The van der Waals surface area contributed by atoms with E-state index in [1.165, 1.54) is 67.5 Å². The summed E-state index contributed by atoms with van der Waals surface area (Å²) < 4.78 is 66.1. The van der Waals surface area contributed by atoms with Gasteiger partial charge in [0.15, 0.2) is 0 Å². The fourth-order valence-electron chi connectivity index (χ4n) is 3.36. The average molecular weight is 509 g/mol. The van der Waals surface area contributed by atoms with Gasteiger partial charge in [-0.25, -0.2) is 8.42 Å². The zero-order valence-corrected chi connectivity index (χ0v) is 20.7. The van der Waals surface area contributed by atoms with Gasteiger partial charge in [-0.2, -0.15) is 13.9 Å². The maximum atomic E-state index is 13.5. The first-order valence-corrected chi connectivity index (χ1v) is 12.0. The molecule has 0 aliphatic rings. The first kappa shape index (κ1) is 25.9.